The summed E-state index contributed by atoms with van der Waals surface area (Å²) in [5.74, 6) is 0.368. The van der Waals surface area contributed by atoms with E-state index in [9.17, 15) is 5.11 Å². The number of hydrogen-bond donors (Lipinski definition) is 3. The van der Waals surface area contributed by atoms with Crippen LogP contribution in [0.5, 0.6) is 5.75 Å². The van der Waals surface area contributed by atoms with Crippen LogP contribution in [0.25, 0.3) is 0 Å². The molecule has 1 aliphatic rings. The number of rotatable bonds is 0. The van der Waals surface area contributed by atoms with Gasteiger partial charge in [-0.1, -0.05) is 12.1 Å². The van der Waals surface area contributed by atoms with Crippen molar-refractivity contribution in [3.8, 4) is 5.75 Å². The molecule has 1 aromatic rings. The molecular formula is C10H13N3O. The molecule has 0 fully saturated rings. The van der Waals surface area contributed by atoms with Crippen molar-refractivity contribution in [1.29, 1.82) is 5.41 Å². The van der Waals surface area contributed by atoms with Gasteiger partial charge in [-0.3, -0.25) is 5.41 Å². The monoisotopic (exact) mass is 194 g/mol. The summed E-state index contributed by atoms with van der Waals surface area (Å²) in [5, 5.41) is 16.9. The highest BCUT2D eigenvalue weighted by molar-refractivity contribution is 5.75. The number of aromatic hydroxyl groups is 1. The van der Waals surface area contributed by atoms with Crippen LogP contribution >= 0.6 is 0 Å². The lowest BCUT2D eigenvalue weighted by molar-refractivity contribution is 0.370. The van der Waals surface area contributed by atoms with Crippen molar-refractivity contribution >= 4 is 5.96 Å². The molecule has 4 nitrogen and oxygen atoms in total. The van der Waals surface area contributed by atoms with E-state index < -0.39 is 0 Å². The van der Waals surface area contributed by atoms with Gasteiger partial charge in [0.2, 0.25) is 0 Å². The first-order chi connectivity index (χ1) is 6.68. The molecule has 0 amide bonds. The highest BCUT2D eigenvalue weighted by Gasteiger charge is 2.18. The molecule has 0 radical (unpaired) electrons. The molecule has 1 aliphatic heterocycles. The summed E-state index contributed by atoms with van der Waals surface area (Å²) in [6.07, 6.45) is 0.837. The summed E-state index contributed by atoms with van der Waals surface area (Å²) in [6.45, 7) is 1.29. The first-order valence-electron chi connectivity index (χ1n) is 4.57. The number of phenolic OH excluding ortho intramolecular Hbond substituents is 1. The normalized spacial score (nSPS) is 15.0. The molecule has 0 saturated heterocycles. The maximum atomic E-state index is 9.62. The molecule has 4 heteroatoms. The molecule has 0 aromatic heterocycles. The molecule has 0 spiro atoms. The van der Waals surface area contributed by atoms with Crippen molar-refractivity contribution in [1.82, 2.24) is 4.90 Å². The lowest BCUT2D eigenvalue weighted by Gasteiger charge is -2.29. The van der Waals surface area contributed by atoms with Crippen molar-refractivity contribution in [2.75, 3.05) is 6.54 Å². The Labute approximate surface area is 82.5 Å². The van der Waals surface area contributed by atoms with E-state index in [4.69, 9.17) is 11.1 Å². The predicted molar refractivity (Wildman–Crippen MR) is 54.1 cm³/mol. The molecule has 1 heterocycles. The van der Waals surface area contributed by atoms with Crippen LogP contribution < -0.4 is 5.73 Å². The average Bonchev–Trinajstić information content (AvgIpc) is 2.18. The van der Waals surface area contributed by atoms with E-state index in [1.807, 2.05) is 12.1 Å². The smallest absolute Gasteiger partial charge is 0.188 e. The Morgan fingerprint density at radius 2 is 2.29 bits per heavy atom. The van der Waals surface area contributed by atoms with E-state index in [-0.39, 0.29) is 5.96 Å². The number of nitrogens with zero attached hydrogens (tertiary/aromatic N) is 1. The topological polar surface area (TPSA) is 73.3 Å². The van der Waals surface area contributed by atoms with Crippen LogP contribution in [0.2, 0.25) is 0 Å². The van der Waals surface area contributed by atoms with Gasteiger partial charge in [-0.2, -0.15) is 0 Å². The van der Waals surface area contributed by atoms with Crippen molar-refractivity contribution < 1.29 is 5.11 Å². The number of benzene rings is 1. The summed E-state index contributed by atoms with van der Waals surface area (Å²) in [7, 11) is 0. The van der Waals surface area contributed by atoms with E-state index in [0.717, 1.165) is 24.1 Å². The number of fused-ring (bicyclic) bond motifs is 1. The fourth-order valence-electron chi connectivity index (χ4n) is 1.77. The average molecular weight is 194 g/mol. The van der Waals surface area contributed by atoms with Gasteiger partial charge < -0.3 is 15.7 Å². The van der Waals surface area contributed by atoms with Crippen LogP contribution in [-0.2, 0) is 13.0 Å². The van der Waals surface area contributed by atoms with Gasteiger partial charge in [0.1, 0.15) is 5.75 Å². The quantitative estimate of drug-likeness (QED) is 0.245. The summed E-state index contributed by atoms with van der Waals surface area (Å²) in [6, 6.07) is 5.52. The molecule has 74 valence electrons. The first-order valence-corrected chi connectivity index (χ1v) is 4.57. The molecule has 14 heavy (non-hydrogen) atoms. The SMILES string of the molecule is [15NH]=[13C]([15NH2])N1CCc2cccc(O)c2C1. The number of hydrogen-bond acceptors (Lipinski definition) is 2. The second kappa shape index (κ2) is 3.21. The Morgan fingerprint density at radius 3 is 3.00 bits per heavy atom. The minimum atomic E-state index is 0.0684. The molecule has 0 atom stereocenters. The van der Waals surface area contributed by atoms with Crippen molar-refractivity contribution in [3.63, 3.8) is 0 Å². The highest BCUT2D eigenvalue weighted by atomic mass is 16.3. The van der Waals surface area contributed by atoms with Gasteiger partial charge >= 0.3 is 0 Å². The van der Waals surface area contributed by atoms with Gasteiger partial charge in [0.15, 0.2) is 5.96 Å². The fourth-order valence-corrected chi connectivity index (χ4v) is 1.77. The number of guanidine groups is 1. The van der Waals surface area contributed by atoms with E-state index in [1.165, 1.54) is 0 Å². The molecule has 0 unspecified atom stereocenters. The van der Waals surface area contributed by atoms with E-state index in [2.05, 4.69) is 0 Å². The lowest BCUT2D eigenvalue weighted by atomic mass is 10.00. The van der Waals surface area contributed by atoms with Crippen LogP contribution in [0.3, 0.4) is 0 Å². The van der Waals surface area contributed by atoms with Crippen LogP contribution in [0.15, 0.2) is 18.2 Å². The van der Waals surface area contributed by atoms with Gasteiger partial charge in [0.25, 0.3) is 0 Å². The van der Waals surface area contributed by atoms with E-state index >= 15 is 0 Å². The van der Waals surface area contributed by atoms with Crippen LogP contribution in [0, 0.1) is 5.41 Å². The summed E-state index contributed by atoms with van der Waals surface area (Å²) < 4.78 is 0. The van der Waals surface area contributed by atoms with Gasteiger partial charge in [-0.15, -0.1) is 0 Å². The Hall–Kier alpha value is -1.71. The van der Waals surface area contributed by atoms with Gasteiger partial charge in [-0.25, -0.2) is 0 Å². The maximum Gasteiger partial charge on any atom is 0.188 e. The largest absolute Gasteiger partial charge is 0.508 e. The standard InChI is InChI=1S/C10H13N3O/c11-10(12)13-5-4-7-2-1-3-9(14)8(7)6-13/h1-3,14H,4-6H2,(H3,11,12)/i10+1,11+1,12+1. The molecular weight excluding hydrogens is 181 g/mol. The summed E-state index contributed by atoms with van der Waals surface area (Å²) >= 11 is 0. The third-order valence-corrected chi connectivity index (χ3v) is 2.59. The third kappa shape index (κ3) is 1.39. The maximum absolute atomic E-state index is 9.62. The van der Waals surface area contributed by atoms with Gasteiger partial charge in [0.05, 0.1) is 0 Å². The second-order valence-electron chi connectivity index (χ2n) is 3.47. The molecule has 4 N–H and O–H groups in total. The highest BCUT2D eigenvalue weighted by Crippen LogP contribution is 2.26. The summed E-state index contributed by atoms with van der Waals surface area (Å²) in [4.78, 5) is 1.75. The van der Waals surface area contributed by atoms with Crippen molar-refractivity contribution in [3.05, 3.63) is 29.3 Å². The van der Waals surface area contributed by atoms with Crippen LogP contribution in [0.1, 0.15) is 11.1 Å². The van der Waals surface area contributed by atoms with Crippen LogP contribution in [-0.4, -0.2) is 22.5 Å². The Morgan fingerprint density at radius 1 is 1.50 bits per heavy atom. The zero-order chi connectivity index (χ0) is 10.1. The van der Waals surface area contributed by atoms with Crippen molar-refractivity contribution in [2.45, 2.75) is 13.0 Å². The number of nitrogens with two attached hydrogens (primary N) is 1. The Bertz CT molecular complexity index is 376. The molecule has 0 bridgehead atoms. The minimum absolute atomic E-state index is 0.0684. The third-order valence-electron chi connectivity index (χ3n) is 2.59. The molecule has 2 rings (SSSR count). The van der Waals surface area contributed by atoms with Crippen molar-refractivity contribution in [2.24, 2.45) is 5.73 Å². The second-order valence-corrected chi connectivity index (χ2v) is 3.47. The molecule has 0 saturated carbocycles. The van der Waals surface area contributed by atoms with E-state index in [0.29, 0.717) is 12.3 Å². The zero-order valence-corrected chi connectivity index (χ0v) is 7.83. The first kappa shape index (κ1) is 8.87. The van der Waals surface area contributed by atoms with Gasteiger partial charge in [0, 0.05) is 18.7 Å². The van der Waals surface area contributed by atoms with Gasteiger partial charge in [-0.05, 0) is 18.1 Å². The minimum Gasteiger partial charge on any atom is -0.508 e. The summed E-state index contributed by atoms with van der Waals surface area (Å²) in [5.41, 5.74) is 7.45. The zero-order valence-electron chi connectivity index (χ0n) is 7.83. The molecule has 0 aliphatic carbocycles. The van der Waals surface area contributed by atoms with E-state index in [1.54, 1.807) is 11.0 Å². The molecule has 1 aromatic carbocycles. The number of phenols is 1. The predicted octanol–water partition coefficient (Wildman–Crippen LogP) is 0.644. The lowest BCUT2D eigenvalue weighted by Crippen LogP contribution is -2.40. The Balaban J connectivity index is 2.33. The number of nitrogens with one attached hydrogen (secondary N) is 1. The van der Waals surface area contributed by atoms with Crippen LogP contribution in [0.4, 0.5) is 0 Å². The fraction of sp³-hybridized carbons (Fsp3) is 0.300. The Kier molecular flexibility index (Phi) is 2.04.